The second-order valence-corrected chi connectivity index (χ2v) is 5.19. The van der Waals surface area contributed by atoms with Crippen molar-refractivity contribution in [2.24, 2.45) is 5.92 Å². The van der Waals surface area contributed by atoms with Crippen LogP contribution in [-0.4, -0.2) is 31.3 Å². The molecular weight excluding hydrogens is 218 g/mol. The van der Waals surface area contributed by atoms with Gasteiger partial charge in [-0.2, -0.15) is 0 Å². The largest absolute Gasteiger partial charge is 0.480 e. The van der Waals surface area contributed by atoms with Gasteiger partial charge in [-0.05, 0) is 5.92 Å². The van der Waals surface area contributed by atoms with Gasteiger partial charge >= 0.3 is 5.97 Å². The lowest BCUT2D eigenvalue weighted by molar-refractivity contribution is -0.140. The van der Waals surface area contributed by atoms with Crippen molar-refractivity contribution >= 4 is 16.0 Å². The summed E-state index contributed by atoms with van der Waals surface area (Å²) in [5.74, 6) is -1.67. The molecule has 15 heavy (non-hydrogen) atoms. The summed E-state index contributed by atoms with van der Waals surface area (Å²) in [6.07, 6.45) is 1.81. The molecule has 0 aliphatic carbocycles. The lowest BCUT2D eigenvalue weighted by Gasteiger charge is -2.19. The van der Waals surface area contributed by atoms with E-state index in [2.05, 4.69) is 11.3 Å². The van der Waals surface area contributed by atoms with Crippen LogP contribution in [-0.2, 0) is 14.8 Å². The molecule has 0 rings (SSSR count). The molecule has 0 spiro atoms. The fraction of sp³-hybridized carbons (Fsp3) is 0.667. The van der Waals surface area contributed by atoms with Gasteiger partial charge in [0.25, 0.3) is 0 Å². The molecule has 2 atom stereocenters. The second kappa shape index (κ2) is 5.87. The first-order chi connectivity index (χ1) is 6.84. The smallest absolute Gasteiger partial charge is 0.322 e. The third-order valence-corrected chi connectivity index (χ3v) is 3.41. The third-order valence-electron chi connectivity index (χ3n) is 2.12. The number of carboxylic acid groups (broad SMARTS) is 1. The van der Waals surface area contributed by atoms with Crippen molar-refractivity contribution in [3.8, 4) is 0 Å². The molecule has 0 aliphatic rings. The van der Waals surface area contributed by atoms with Crippen LogP contribution in [0.3, 0.4) is 0 Å². The summed E-state index contributed by atoms with van der Waals surface area (Å²) in [6, 6.07) is -1.07. The summed E-state index contributed by atoms with van der Waals surface area (Å²) >= 11 is 0. The Hall–Kier alpha value is -0.880. The average molecular weight is 235 g/mol. The predicted molar refractivity (Wildman–Crippen MR) is 58.0 cm³/mol. The van der Waals surface area contributed by atoms with Gasteiger partial charge in [0, 0.05) is 0 Å². The van der Waals surface area contributed by atoms with Crippen LogP contribution < -0.4 is 4.72 Å². The molecule has 6 heteroatoms. The van der Waals surface area contributed by atoms with Crippen LogP contribution in [0, 0.1) is 5.92 Å². The monoisotopic (exact) mass is 235 g/mol. The molecule has 0 aromatic heterocycles. The third kappa shape index (κ3) is 4.94. The molecule has 0 bridgehead atoms. The minimum atomic E-state index is -3.58. The van der Waals surface area contributed by atoms with Crippen molar-refractivity contribution in [2.75, 3.05) is 5.75 Å². The maximum atomic E-state index is 11.3. The minimum absolute atomic E-state index is 0.248. The van der Waals surface area contributed by atoms with Gasteiger partial charge in [-0.1, -0.05) is 26.3 Å². The van der Waals surface area contributed by atoms with Gasteiger partial charge in [-0.25, -0.2) is 13.1 Å². The van der Waals surface area contributed by atoms with Gasteiger partial charge in [0.05, 0.1) is 5.75 Å². The maximum Gasteiger partial charge on any atom is 0.322 e. The Morgan fingerprint density at radius 1 is 1.60 bits per heavy atom. The van der Waals surface area contributed by atoms with Crippen molar-refractivity contribution < 1.29 is 18.3 Å². The van der Waals surface area contributed by atoms with Crippen LogP contribution >= 0.6 is 0 Å². The molecule has 0 saturated carbocycles. The Morgan fingerprint density at radius 2 is 2.13 bits per heavy atom. The highest BCUT2D eigenvalue weighted by molar-refractivity contribution is 7.89. The van der Waals surface area contributed by atoms with E-state index in [0.717, 1.165) is 0 Å². The van der Waals surface area contributed by atoms with Crippen LogP contribution in [0.1, 0.15) is 20.3 Å². The van der Waals surface area contributed by atoms with Gasteiger partial charge in [-0.3, -0.25) is 4.79 Å². The van der Waals surface area contributed by atoms with Crippen LogP contribution in [0.5, 0.6) is 0 Å². The Labute approximate surface area is 90.2 Å². The first-order valence-electron chi connectivity index (χ1n) is 4.67. The number of nitrogens with one attached hydrogen (secondary N) is 1. The Balaban J connectivity index is 4.69. The summed E-state index contributed by atoms with van der Waals surface area (Å²) in [5, 5.41) is 8.85. The molecule has 0 fully saturated rings. The fourth-order valence-electron chi connectivity index (χ4n) is 1.04. The van der Waals surface area contributed by atoms with Gasteiger partial charge in [0.2, 0.25) is 10.0 Å². The zero-order valence-electron chi connectivity index (χ0n) is 8.93. The van der Waals surface area contributed by atoms with Gasteiger partial charge in [0.15, 0.2) is 0 Å². The van der Waals surface area contributed by atoms with Crippen molar-refractivity contribution in [2.45, 2.75) is 26.3 Å². The van der Waals surface area contributed by atoms with Crippen molar-refractivity contribution in [3.63, 3.8) is 0 Å². The van der Waals surface area contributed by atoms with Crippen LogP contribution in [0.15, 0.2) is 12.7 Å². The first kappa shape index (κ1) is 14.1. The minimum Gasteiger partial charge on any atom is -0.480 e. The van der Waals surface area contributed by atoms with Gasteiger partial charge < -0.3 is 5.11 Å². The van der Waals surface area contributed by atoms with E-state index in [0.29, 0.717) is 6.42 Å². The van der Waals surface area contributed by atoms with E-state index >= 15 is 0 Å². The number of carboxylic acids is 1. The Bertz CT molecular complexity index is 323. The number of rotatable bonds is 7. The number of hydrogen-bond acceptors (Lipinski definition) is 3. The second-order valence-electron chi connectivity index (χ2n) is 3.39. The molecule has 5 nitrogen and oxygen atoms in total. The molecule has 0 amide bonds. The molecule has 0 aromatic rings. The number of aliphatic carboxylic acids is 1. The van der Waals surface area contributed by atoms with Gasteiger partial charge in [0.1, 0.15) is 6.04 Å². The van der Waals surface area contributed by atoms with Crippen LogP contribution in [0.25, 0.3) is 0 Å². The molecule has 2 unspecified atom stereocenters. The van der Waals surface area contributed by atoms with Crippen LogP contribution in [0.4, 0.5) is 0 Å². The summed E-state index contributed by atoms with van der Waals surface area (Å²) in [5.41, 5.74) is 0. The van der Waals surface area contributed by atoms with E-state index in [1.165, 1.54) is 6.08 Å². The average Bonchev–Trinajstić information content (AvgIpc) is 2.12. The fourth-order valence-corrected chi connectivity index (χ4v) is 2.17. The van der Waals surface area contributed by atoms with Gasteiger partial charge in [-0.15, -0.1) is 6.58 Å². The quantitative estimate of drug-likeness (QED) is 0.633. The highest BCUT2D eigenvalue weighted by atomic mass is 32.2. The summed E-state index contributed by atoms with van der Waals surface area (Å²) in [7, 11) is -3.58. The summed E-state index contributed by atoms with van der Waals surface area (Å²) in [6.45, 7) is 6.79. The Morgan fingerprint density at radius 3 is 2.47 bits per heavy atom. The molecule has 0 aromatic carbocycles. The predicted octanol–water partition coefficient (Wildman–Crippen LogP) is 0.591. The highest BCUT2D eigenvalue weighted by Crippen LogP contribution is 2.09. The highest BCUT2D eigenvalue weighted by Gasteiger charge is 2.27. The van der Waals surface area contributed by atoms with E-state index in [1.807, 2.05) is 6.92 Å². The zero-order valence-corrected chi connectivity index (χ0v) is 9.75. The molecule has 0 radical (unpaired) electrons. The molecular formula is C9H17NO4S. The summed E-state index contributed by atoms with van der Waals surface area (Å²) < 4.78 is 24.8. The van der Waals surface area contributed by atoms with E-state index < -0.39 is 22.0 Å². The SMILES string of the molecule is C=CCS(=O)(=O)NC(C(=O)O)C(C)CC. The van der Waals surface area contributed by atoms with E-state index in [1.54, 1.807) is 6.92 Å². The normalized spacial score (nSPS) is 15.6. The van der Waals surface area contributed by atoms with Crippen molar-refractivity contribution in [1.29, 1.82) is 0 Å². The molecule has 2 N–H and O–H groups in total. The topological polar surface area (TPSA) is 83.5 Å². The number of sulfonamides is 1. The van der Waals surface area contributed by atoms with E-state index in [-0.39, 0.29) is 11.7 Å². The molecule has 0 saturated heterocycles. The lowest BCUT2D eigenvalue weighted by atomic mass is 10.0. The number of hydrogen-bond donors (Lipinski definition) is 2. The maximum absolute atomic E-state index is 11.3. The van der Waals surface area contributed by atoms with Crippen molar-refractivity contribution in [1.82, 2.24) is 4.72 Å². The summed E-state index contributed by atoms with van der Waals surface area (Å²) in [4.78, 5) is 10.8. The first-order valence-corrected chi connectivity index (χ1v) is 6.33. The Kier molecular flexibility index (Phi) is 5.53. The zero-order chi connectivity index (χ0) is 12.1. The molecule has 88 valence electrons. The van der Waals surface area contributed by atoms with Crippen LogP contribution in [0.2, 0.25) is 0 Å². The standard InChI is InChI=1S/C9H17NO4S/c1-4-6-15(13,14)10-8(9(11)12)7(3)5-2/h4,7-8,10H,1,5-6H2,2-3H3,(H,11,12). The number of carbonyl (C=O) groups is 1. The van der Waals surface area contributed by atoms with E-state index in [4.69, 9.17) is 5.11 Å². The lowest BCUT2D eigenvalue weighted by Crippen LogP contribution is -2.45. The molecule has 0 aliphatic heterocycles. The van der Waals surface area contributed by atoms with Crippen molar-refractivity contribution in [3.05, 3.63) is 12.7 Å². The molecule has 0 heterocycles. The van der Waals surface area contributed by atoms with E-state index in [9.17, 15) is 13.2 Å².